The van der Waals surface area contributed by atoms with Crippen LogP contribution in [-0.2, 0) is 6.42 Å². The third-order valence-corrected chi connectivity index (χ3v) is 2.83. The molecule has 18 heavy (non-hydrogen) atoms. The summed E-state index contributed by atoms with van der Waals surface area (Å²) in [5.74, 6) is -0.0436. The molecule has 1 aromatic carbocycles. The van der Waals surface area contributed by atoms with Crippen LogP contribution in [-0.4, -0.2) is 41.7 Å². The molecule has 4 heteroatoms. The van der Waals surface area contributed by atoms with Crippen molar-refractivity contribution in [1.82, 2.24) is 4.90 Å². The number of hydrogen-bond acceptors (Lipinski definition) is 3. The third-order valence-electron chi connectivity index (χ3n) is 2.83. The molecule has 0 fully saturated rings. The second-order valence-corrected chi connectivity index (χ2v) is 4.55. The van der Waals surface area contributed by atoms with Gasteiger partial charge in [0.25, 0.3) is 5.91 Å². The van der Waals surface area contributed by atoms with Crippen LogP contribution in [0.25, 0.3) is 0 Å². The van der Waals surface area contributed by atoms with Crippen molar-refractivity contribution in [2.75, 3.05) is 19.7 Å². The molecule has 3 N–H and O–H groups in total. The van der Waals surface area contributed by atoms with Gasteiger partial charge in [-0.05, 0) is 44.5 Å². The van der Waals surface area contributed by atoms with Crippen LogP contribution in [0.4, 0.5) is 0 Å². The number of amides is 1. The molecule has 1 rings (SSSR count). The molecule has 0 unspecified atom stereocenters. The Morgan fingerprint density at radius 1 is 1.44 bits per heavy atom. The van der Waals surface area contributed by atoms with Crippen molar-refractivity contribution >= 4 is 5.91 Å². The molecule has 1 aromatic rings. The van der Waals surface area contributed by atoms with Crippen LogP contribution >= 0.6 is 0 Å². The molecule has 0 saturated carbocycles. The zero-order chi connectivity index (χ0) is 13.5. The molecule has 0 aliphatic carbocycles. The minimum atomic E-state index is -0.0436. The largest absolute Gasteiger partial charge is 0.395 e. The van der Waals surface area contributed by atoms with Gasteiger partial charge in [-0.1, -0.05) is 12.1 Å². The van der Waals surface area contributed by atoms with E-state index in [1.165, 1.54) is 0 Å². The second kappa shape index (κ2) is 7.13. The van der Waals surface area contributed by atoms with Crippen LogP contribution < -0.4 is 5.73 Å². The number of nitrogens with two attached hydrogens (primary N) is 1. The average molecular weight is 250 g/mol. The van der Waals surface area contributed by atoms with Gasteiger partial charge < -0.3 is 15.7 Å². The molecular formula is C14H22N2O2. The van der Waals surface area contributed by atoms with Gasteiger partial charge in [0, 0.05) is 18.2 Å². The second-order valence-electron chi connectivity index (χ2n) is 4.55. The van der Waals surface area contributed by atoms with Crippen LogP contribution in [0.1, 0.15) is 29.8 Å². The van der Waals surface area contributed by atoms with Gasteiger partial charge in [0.2, 0.25) is 0 Å². The smallest absolute Gasteiger partial charge is 0.254 e. The summed E-state index contributed by atoms with van der Waals surface area (Å²) in [6.07, 6.45) is 0.767. The monoisotopic (exact) mass is 250 g/mol. The molecular weight excluding hydrogens is 228 g/mol. The number of aliphatic hydroxyl groups excluding tert-OH is 1. The number of carbonyl (C=O) groups is 1. The Labute approximate surface area is 108 Å². The first-order chi connectivity index (χ1) is 8.60. The lowest BCUT2D eigenvalue weighted by molar-refractivity contribution is 0.0665. The summed E-state index contributed by atoms with van der Waals surface area (Å²) in [4.78, 5) is 14.0. The summed E-state index contributed by atoms with van der Waals surface area (Å²) >= 11 is 0. The van der Waals surface area contributed by atoms with E-state index in [4.69, 9.17) is 10.8 Å². The van der Waals surface area contributed by atoms with Crippen molar-refractivity contribution < 1.29 is 9.90 Å². The molecule has 0 aliphatic heterocycles. The van der Waals surface area contributed by atoms with Gasteiger partial charge in [0.05, 0.1) is 6.61 Å². The summed E-state index contributed by atoms with van der Waals surface area (Å²) < 4.78 is 0. The van der Waals surface area contributed by atoms with E-state index in [9.17, 15) is 4.79 Å². The third kappa shape index (κ3) is 3.82. The highest BCUT2D eigenvalue weighted by Crippen LogP contribution is 2.11. The van der Waals surface area contributed by atoms with Gasteiger partial charge in [-0.15, -0.1) is 0 Å². The van der Waals surface area contributed by atoms with Crippen molar-refractivity contribution in [1.29, 1.82) is 0 Å². The lowest BCUT2D eigenvalue weighted by Gasteiger charge is -2.26. The van der Waals surface area contributed by atoms with Crippen molar-refractivity contribution in [3.05, 3.63) is 35.4 Å². The predicted octanol–water partition coefficient (Wildman–Crippen LogP) is 1.03. The maximum atomic E-state index is 12.3. The molecule has 1 amide bonds. The molecule has 0 radical (unpaired) electrons. The standard InChI is InChI=1S/C14H22N2O2/c1-11(2)16(8-9-17)14(18)13-5-3-4-12(10-13)6-7-15/h3-5,10-11,17H,6-9,15H2,1-2H3. The van der Waals surface area contributed by atoms with Crippen molar-refractivity contribution in [2.45, 2.75) is 26.3 Å². The highest BCUT2D eigenvalue weighted by Gasteiger charge is 2.18. The average Bonchev–Trinajstić information content (AvgIpc) is 2.35. The lowest BCUT2D eigenvalue weighted by Crippen LogP contribution is -2.39. The zero-order valence-corrected chi connectivity index (χ0v) is 11.1. The molecule has 0 bridgehead atoms. The molecule has 0 aliphatic rings. The number of nitrogens with zero attached hydrogens (tertiary/aromatic N) is 1. The highest BCUT2D eigenvalue weighted by molar-refractivity contribution is 5.94. The van der Waals surface area contributed by atoms with E-state index < -0.39 is 0 Å². The Morgan fingerprint density at radius 3 is 2.72 bits per heavy atom. The van der Waals surface area contributed by atoms with E-state index in [-0.39, 0.29) is 18.6 Å². The molecule has 4 nitrogen and oxygen atoms in total. The molecule has 0 spiro atoms. The van der Waals surface area contributed by atoms with E-state index in [1.807, 2.05) is 32.0 Å². The maximum Gasteiger partial charge on any atom is 0.254 e. The normalized spacial score (nSPS) is 10.7. The SMILES string of the molecule is CC(C)N(CCO)C(=O)c1cccc(CCN)c1. The van der Waals surface area contributed by atoms with Gasteiger partial charge >= 0.3 is 0 Å². The first-order valence-corrected chi connectivity index (χ1v) is 6.31. The van der Waals surface area contributed by atoms with Gasteiger partial charge in [-0.2, -0.15) is 0 Å². The molecule has 0 atom stereocenters. The fourth-order valence-electron chi connectivity index (χ4n) is 1.89. The van der Waals surface area contributed by atoms with Gasteiger partial charge in [0.15, 0.2) is 0 Å². The van der Waals surface area contributed by atoms with Crippen molar-refractivity contribution in [3.8, 4) is 0 Å². The van der Waals surface area contributed by atoms with E-state index in [0.717, 1.165) is 12.0 Å². The van der Waals surface area contributed by atoms with E-state index in [0.29, 0.717) is 18.7 Å². The Hall–Kier alpha value is -1.39. The predicted molar refractivity (Wildman–Crippen MR) is 72.5 cm³/mol. The first-order valence-electron chi connectivity index (χ1n) is 6.31. The Morgan fingerprint density at radius 2 is 2.17 bits per heavy atom. The minimum Gasteiger partial charge on any atom is -0.395 e. The maximum absolute atomic E-state index is 12.3. The van der Waals surface area contributed by atoms with Gasteiger partial charge in [-0.25, -0.2) is 0 Å². The quantitative estimate of drug-likeness (QED) is 0.792. The number of carbonyl (C=O) groups excluding carboxylic acids is 1. The summed E-state index contributed by atoms with van der Waals surface area (Å²) in [5.41, 5.74) is 7.24. The number of hydrogen-bond donors (Lipinski definition) is 2. The van der Waals surface area contributed by atoms with E-state index in [2.05, 4.69) is 0 Å². The summed E-state index contributed by atoms with van der Waals surface area (Å²) in [7, 11) is 0. The number of benzene rings is 1. The van der Waals surface area contributed by atoms with Crippen LogP contribution in [0.5, 0.6) is 0 Å². The van der Waals surface area contributed by atoms with E-state index >= 15 is 0 Å². The zero-order valence-electron chi connectivity index (χ0n) is 11.1. The summed E-state index contributed by atoms with van der Waals surface area (Å²) in [5, 5.41) is 9.01. The number of rotatable bonds is 6. The Kier molecular flexibility index (Phi) is 5.82. The Bertz CT molecular complexity index is 391. The molecule has 100 valence electrons. The molecule has 0 aromatic heterocycles. The highest BCUT2D eigenvalue weighted by atomic mass is 16.3. The van der Waals surface area contributed by atoms with Crippen LogP contribution in [0.3, 0.4) is 0 Å². The van der Waals surface area contributed by atoms with Crippen LogP contribution in [0.15, 0.2) is 24.3 Å². The van der Waals surface area contributed by atoms with Crippen LogP contribution in [0, 0.1) is 0 Å². The van der Waals surface area contributed by atoms with Crippen LogP contribution in [0.2, 0.25) is 0 Å². The molecule has 0 heterocycles. The fraction of sp³-hybridized carbons (Fsp3) is 0.500. The van der Waals surface area contributed by atoms with Crippen molar-refractivity contribution in [3.63, 3.8) is 0 Å². The van der Waals surface area contributed by atoms with E-state index in [1.54, 1.807) is 11.0 Å². The van der Waals surface area contributed by atoms with Gasteiger partial charge in [-0.3, -0.25) is 4.79 Å². The summed E-state index contributed by atoms with van der Waals surface area (Å²) in [6.45, 7) is 4.79. The molecule has 0 saturated heterocycles. The lowest BCUT2D eigenvalue weighted by atomic mass is 10.1. The topological polar surface area (TPSA) is 66.6 Å². The first kappa shape index (κ1) is 14.7. The minimum absolute atomic E-state index is 0.0214. The summed E-state index contributed by atoms with van der Waals surface area (Å²) in [6, 6.07) is 7.59. The fourth-order valence-corrected chi connectivity index (χ4v) is 1.89. The number of aliphatic hydroxyl groups is 1. The van der Waals surface area contributed by atoms with Crippen molar-refractivity contribution in [2.24, 2.45) is 5.73 Å². The Balaban J connectivity index is 2.90. The van der Waals surface area contributed by atoms with Gasteiger partial charge in [0.1, 0.15) is 0 Å².